The van der Waals surface area contributed by atoms with Crippen molar-refractivity contribution in [3.8, 4) is 11.5 Å². The van der Waals surface area contributed by atoms with Crippen LogP contribution in [0.15, 0.2) is 41.3 Å². The minimum atomic E-state index is -0.499. The molecule has 4 rings (SSSR count). The molecule has 8 heteroatoms. The minimum Gasteiger partial charge on any atom is -0.454 e. The second-order valence-corrected chi connectivity index (χ2v) is 7.27. The second kappa shape index (κ2) is 6.33. The summed E-state index contributed by atoms with van der Waals surface area (Å²) in [6.07, 6.45) is 1.42. The van der Waals surface area contributed by atoms with Gasteiger partial charge in [-0.2, -0.15) is 0 Å². The molecule has 2 aliphatic heterocycles. The van der Waals surface area contributed by atoms with Gasteiger partial charge in [0.1, 0.15) is 5.82 Å². The van der Waals surface area contributed by atoms with Gasteiger partial charge in [0.05, 0.1) is 15.6 Å². The first kappa shape index (κ1) is 16.4. The molecule has 0 radical (unpaired) electrons. The summed E-state index contributed by atoms with van der Waals surface area (Å²) < 4.78 is 24.9. The van der Waals surface area contributed by atoms with Crippen molar-refractivity contribution in [1.29, 1.82) is 0 Å². The zero-order valence-corrected chi connectivity index (χ0v) is 14.9. The van der Waals surface area contributed by atoms with Gasteiger partial charge in [0.25, 0.3) is 5.91 Å². The van der Waals surface area contributed by atoms with Crippen LogP contribution in [0.4, 0.5) is 10.1 Å². The number of hydrogen-bond acceptors (Lipinski definition) is 5. The molecule has 4 nitrogen and oxygen atoms in total. The van der Waals surface area contributed by atoms with Crippen molar-refractivity contribution in [1.82, 2.24) is 0 Å². The Morgan fingerprint density at radius 2 is 2.04 bits per heavy atom. The molecule has 126 valence electrons. The van der Waals surface area contributed by atoms with E-state index in [9.17, 15) is 9.18 Å². The third-order valence-corrected chi connectivity index (χ3v) is 5.31. The zero-order valence-electron chi connectivity index (χ0n) is 12.5. The van der Waals surface area contributed by atoms with E-state index in [1.807, 2.05) is 0 Å². The number of benzene rings is 2. The van der Waals surface area contributed by atoms with Gasteiger partial charge in [-0.1, -0.05) is 41.6 Å². The highest BCUT2D eigenvalue weighted by Crippen LogP contribution is 2.41. The summed E-state index contributed by atoms with van der Waals surface area (Å²) in [5.74, 6) is 0.324. The van der Waals surface area contributed by atoms with Gasteiger partial charge >= 0.3 is 0 Å². The number of rotatable bonds is 2. The largest absolute Gasteiger partial charge is 0.454 e. The van der Waals surface area contributed by atoms with Gasteiger partial charge in [-0.05, 0) is 30.3 Å². The fourth-order valence-electron chi connectivity index (χ4n) is 2.49. The van der Waals surface area contributed by atoms with E-state index in [4.69, 9.17) is 33.3 Å². The van der Waals surface area contributed by atoms with Crippen molar-refractivity contribution in [3.05, 3.63) is 57.7 Å². The topological polar surface area (TPSA) is 38.8 Å². The molecule has 0 bridgehead atoms. The molecule has 0 unspecified atom stereocenters. The van der Waals surface area contributed by atoms with Crippen molar-refractivity contribution in [2.45, 2.75) is 0 Å². The Morgan fingerprint density at radius 1 is 1.24 bits per heavy atom. The van der Waals surface area contributed by atoms with Gasteiger partial charge in [0.15, 0.2) is 15.8 Å². The third kappa shape index (κ3) is 2.88. The molecule has 2 aromatic carbocycles. The number of thiocarbonyl (C=S) groups is 1. The lowest BCUT2D eigenvalue weighted by molar-refractivity contribution is -0.113. The molecule has 1 saturated heterocycles. The average molecular weight is 394 g/mol. The van der Waals surface area contributed by atoms with Crippen LogP contribution < -0.4 is 14.4 Å². The summed E-state index contributed by atoms with van der Waals surface area (Å²) in [5, 5.41) is 0.230. The van der Waals surface area contributed by atoms with Crippen molar-refractivity contribution >= 4 is 57.6 Å². The van der Waals surface area contributed by atoms with Crippen LogP contribution in [0.25, 0.3) is 6.08 Å². The summed E-state index contributed by atoms with van der Waals surface area (Å²) in [7, 11) is 0. The predicted octanol–water partition coefficient (Wildman–Crippen LogP) is 4.61. The third-order valence-electron chi connectivity index (χ3n) is 3.68. The summed E-state index contributed by atoms with van der Waals surface area (Å²) in [6, 6.07) is 9.48. The lowest BCUT2D eigenvalue weighted by atomic mass is 10.2. The summed E-state index contributed by atoms with van der Waals surface area (Å²) >= 11 is 12.4. The molecule has 0 saturated carbocycles. The lowest BCUT2D eigenvalue weighted by Gasteiger charge is -2.14. The normalized spacial score (nSPS) is 17.7. The number of amides is 1. The van der Waals surface area contributed by atoms with E-state index in [0.717, 1.165) is 11.8 Å². The molecule has 0 aliphatic carbocycles. The van der Waals surface area contributed by atoms with Crippen LogP contribution in [0.2, 0.25) is 5.02 Å². The number of nitrogens with zero attached hydrogens (tertiary/aromatic N) is 1. The van der Waals surface area contributed by atoms with Crippen molar-refractivity contribution in [3.63, 3.8) is 0 Å². The highest BCUT2D eigenvalue weighted by atomic mass is 35.5. The lowest BCUT2D eigenvalue weighted by Crippen LogP contribution is -2.27. The molecule has 25 heavy (non-hydrogen) atoms. The summed E-state index contributed by atoms with van der Waals surface area (Å²) in [5.41, 5.74) is 0.727. The molecular formula is C17H9ClFNO3S2. The van der Waals surface area contributed by atoms with Crippen molar-refractivity contribution < 1.29 is 18.7 Å². The van der Waals surface area contributed by atoms with Gasteiger partial charge in [0.2, 0.25) is 6.79 Å². The standard InChI is InChI=1S/C17H9ClFNO3S2/c18-11-2-1-3-12(19)10(11)7-15-16(21)20(17(24)25-15)9-4-5-13-14(6-9)23-8-22-13/h1-7H,8H2/b15-7-. The number of thioether (sulfide) groups is 1. The quantitative estimate of drug-likeness (QED) is 0.550. The molecule has 1 fully saturated rings. The molecule has 2 heterocycles. The molecule has 2 aromatic rings. The van der Waals surface area contributed by atoms with Gasteiger partial charge in [-0.25, -0.2) is 4.39 Å². The van der Waals surface area contributed by atoms with E-state index >= 15 is 0 Å². The molecule has 0 aromatic heterocycles. The van der Waals surface area contributed by atoms with E-state index in [1.54, 1.807) is 24.3 Å². The van der Waals surface area contributed by atoms with E-state index in [2.05, 4.69) is 0 Å². The smallest absolute Gasteiger partial charge is 0.270 e. The van der Waals surface area contributed by atoms with E-state index in [-0.39, 0.29) is 23.3 Å². The maximum Gasteiger partial charge on any atom is 0.270 e. The maximum absolute atomic E-state index is 14.0. The monoisotopic (exact) mass is 393 g/mol. The number of ether oxygens (including phenoxy) is 2. The van der Waals surface area contributed by atoms with Gasteiger partial charge in [-0.15, -0.1) is 0 Å². The van der Waals surface area contributed by atoms with Gasteiger partial charge < -0.3 is 9.47 Å². The number of carbonyl (C=O) groups is 1. The SMILES string of the molecule is O=C1/C(=C/c2c(F)cccc2Cl)SC(=S)N1c1ccc2c(c1)OCO2. The van der Waals surface area contributed by atoms with E-state index in [0.29, 0.717) is 26.4 Å². The number of hydrogen-bond donors (Lipinski definition) is 0. The van der Waals surface area contributed by atoms with Crippen LogP contribution >= 0.6 is 35.6 Å². The number of anilines is 1. The first-order valence-electron chi connectivity index (χ1n) is 7.16. The van der Waals surface area contributed by atoms with E-state index < -0.39 is 5.82 Å². The second-order valence-electron chi connectivity index (χ2n) is 5.19. The fourth-order valence-corrected chi connectivity index (χ4v) is 3.99. The van der Waals surface area contributed by atoms with Gasteiger partial charge in [-0.3, -0.25) is 9.69 Å². The molecule has 0 atom stereocenters. The Labute approximate surface area is 157 Å². The first-order chi connectivity index (χ1) is 12.0. The first-order valence-corrected chi connectivity index (χ1v) is 8.76. The summed E-state index contributed by atoms with van der Waals surface area (Å²) in [4.78, 5) is 14.4. The van der Waals surface area contributed by atoms with Crippen LogP contribution in [0.5, 0.6) is 11.5 Å². The average Bonchev–Trinajstić information content (AvgIpc) is 3.15. The number of carbonyl (C=O) groups excluding carboxylic acids is 1. The van der Waals surface area contributed by atoms with Crippen molar-refractivity contribution in [2.24, 2.45) is 0 Å². The van der Waals surface area contributed by atoms with Crippen LogP contribution in [-0.4, -0.2) is 17.0 Å². The van der Waals surface area contributed by atoms with Crippen LogP contribution in [0.1, 0.15) is 5.56 Å². The molecule has 2 aliphatic rings. The fraction of sp³-hybridized carbons (Fsp3) is 0.0588. The highest BCUT2D eigenvalue weighted by molar-refractivity contribution is 8.27. The Kier molecular flexibility index (Phi) is 4.15. The van der Waals surface area contributed by atoms with Crippen LogP contribution in [-0.2, 0) is 4.79 Å². The van der Waals surface area contributed by atoms with Gasteiger partial charge in [0, 0.05) is 11.6 Å². The molecular weight excluding hydrogens is 385 g/mol. The Bertz CT molecular complexity index is 927. The molecule has 1 amide bonds. The Balaban J connectivity index is 1.70. The Hall–Kier alpha value is -2.09. The Morgan fingerprint density at radius 3 is 2.84 bits per heavy atom. The highest BCUT2D eigenvalue weighted by Gasteiger charge is 2.34. The van der Waals surface area contributed by atoms with Crippen molar-refractivity contribution in [2.75, 3.05) is 11.7 Å². The number of fused-ring (bicyclic) bond motifs is 1. The predicted molar refractivity (Wildman–Crippen MR) is 99.6 cm³/mol. The van der Waals surface area contributed by atoms with Crippen LogP contribution in [0, 0.1) is 5.82 Å². The minimum absolute atomic E-state index is 0.142. The zero-order chi connectivity index (χ0) is 17.6. The summed E-state index contributed by atoms with van der Waals surface area (Å²) in [6.45, 7) is 0.142. The maximum atomic E-state index is 14.0. The molecule has 0 N–H and O–H groups in total. The number of halogens is 2. The van der Waals surface area contributed by atoms with Crippen LogP contribution in [0.3, 0.4) is 0 Å². The van der Waals surface area contributed by atoms with E-state index in [1.165, 1.54) is 23.1 Å². The molecule has 0 spiro atoms.